The Morgan fingerprint density at radius 3 is 0.700 bits per heavy atom. The number of unbranched alkanes of at least 4 members (excludes halogenated alkanes) is 30. The normalized spacial score (nSPS) is 11.6. The van der Waals surface area contributed by atoms with Gasteiger partial charge in [-0.2, -0.15) is 0 Å². The predicted octanol–water partition coefficient (Wildman–Crippen LogP) is 15.2. The van der Waals surface area contributed by atoms with Crippen molar-refractivity contribution in [3.8, 4) is 0 Å². The van der Waals surface area contributed by atoms with Crippen molar-refractivity contribution >= 4 is 29.0 Å². The van der Waals surface area contributed by atoms with Gasteiger partial charge in [-0.3, -0.25) is 0 Å². The number of hydrogen-bond acceptors (Lipinski definition) is 1. The van der Waals surface area contributed by atoms with E-state index in [1.54, 1.807) is 0 Å². The fourth-order valence-electron chi connectivity index (χ4n) is 6.27. The van der Waals surface area contributed by atoms with E-state index in [0.717, 1.165) is 4.20 Å². The van der Waals surface area contributed by atoms with Crippen molar-refractivity contribution in [1.82, 2.24) is 0 Å². The first kappa shape index (κ1) is 40.4. The Hall–Kier alpha value is 0.440. The van der Waals surface area contributed by atoms with Crippen LogP contribution in [-0.4, -0.2) is 4.20 Å². The molecule has 40 heavy (non-hydrogen) atoms. The zero-order valence-corrected chi connectivity index (χ0v) is 29.7. The molecule has 0 aliphatic heterocycles. The lowest BCUT2D eigenvalue weighted by Crippen LogP contribution is -2.07. The molecule has 0 saturated heterocycles. The quantitative estimate of drug-likeness (QED) is 0.0431. The highest BCUT2D eigenvalue weighted by molar-refractivity contribution is 8.11. The SMILES string of the molecule is CCCCCCCCCCCCCCCCCCC(CCCCCCCCCCCCCCCCCC)C(=S)S. The molecule has 0 aromatic rings. The molecule has 0 atom stereocenters. The van der Waals surface area contributed by atoms with Gasteiger partial charge in [-0.15, -0.1) is 12.6 Å². The highest BCUT2D eigenvalue weighted by Crippen LogP contribution is 2.23. The van der Waals surface area contributed by atoms with Gasteiger partial charge >= 0.3 is 0 Å². The molecule has 240 valence electrons. The van der Waals surface area contributed by atoms with Crippen LogP contribution in [0.1, 0.15) is 232 Å². The third kappa shape index (κ3) is 32.9. The minimum absolute atomic E-state index is 0.580. The third-order valence-corrected chi connectivity index (χ3v) is 9.86. The topological polar surface area (TPSA) is 0 Å². The molecule has 0 aromatic carbocycles. The summed E-state index contributed by atoms with van der Waals surface area (Å²) in [7, 11) is 0. The molecule has 0 aromatic heterocycles. The second-order valence-electron chi connectivity index (χ2n) is 13.2. The molecule has 0 fully saturated rings. The van der Waals surface area contributed by atoms with Crippen LogP contribution in [0.5, 0.6) is 0 Å². The summed E-state index contributed by atoms with van der Waals surface area (Å²) in [5.74, 6) is 0.580. The van der Waals surface area contributed by atoms with Gasteiger partial charge < -0.3 is 0 Å². The lowest BCUT2D eigenvalue weighted by molar-refractivity contribution is 0.482. The van der Waals surface area contributed by atoms with Crippen LogP contribution in [0.2, 0.25) is 0 Å². The molecule has 0 saturated carbocycles. The van der Waals surface area contributed by atoms with Crippen molar-refractivity contribution in [2.24, 2.45) is 5.92 Å². The molecule has 0 spiro atoms. The molecule has 0 heterocycles. The Balaban J connectivity index is 3.37. The van der Waals surface area contributed by atoms with E-state index < -0.39 is 0 Å². The molecular weight excluding hydrogens is 521 g/mol. The molecule has 0 aliphatic rings. The maximum Gasteiger partial charge on any atom is 0.0479 e. The predicted molar refractivity (Wildman–Crippen MR) is 193 cm³/mol. The Kier molecular flexibility index (Phi) is 36.0. The summed E-state index contributed by atoms with van der Waals surface area (Å²) in [6.45, 7) is 4.61. The van der Waals surface area contributed by atoms with Gasteiger partial charge in [-0.05, 0) is 18.8 Å². The van der Waals surface area contributed by atoms with E-state index in [4.69, 9.17) is 12.2 Å². The summed E-state index contributed by atoms with van der Waals surface area (Å²) in [6, 6.07) is 0. The van der Waals surface area contributed by atoms with Crippen LogP contribution < -0.4 is 0 Å². The molecule has 0 unspecified atom stereocenters. The number of thiocarbonyl (C=S) groups is 1. The van der Waals surface area contributed by atoms with Crippen LogP contribution in [0.15, 0.2) is 0 Å². The maximum atomic E-state index is 5.50. The molecule has 2 heteroatoms. The molecule has 0 bridgehead atoms. The van der Waals surface area contributed by atoms with E-state index in [1.165, 1.54) is 218 Å². The van der Waals surface area contributed by atoms with E-state index in [-0.39, 0.29) is 0 Å². The monoisotopic (exact) mass is 597 g/mol. The van der Waals surface area contributed by atoms with E-state index >= 15 is 0 Å². The van der Waals surface area contributed by atoms with Gasteiger partial charge in [-0.1, -0.05) is 232 Å². The van der Waals surface area contributed by atoms with E-state index in [9.17, 15) is 0 Å². The summed E-state index contributed by atoms with van der Waals surface area (Å²) in [5.41, 5.74) is 0. The molecule has 0 aliphatic carbocycles. The number of rotatable bonds is 35. The van der Waals surface area contributed by atoms with Gasteiger partial charge in [-0.25, -0.2) is 0 Å². The first-order valence-corrected chi connectivity index (χ1v) is 19.8. The Bertz CT molecular complexity index is 438. The zero-order valence-electron chi connectivity index (χ0n) is 28.0. The van der Waals surface area contributed by atoms with Gasteiger partial charge in [0, 0.05) is 4.20 Å². The van der Waals surface area contributed by atoms with Gasteiger partial charge in [0.25, 0.3) is 0 Å². The van der Waals surface area contributed by atoms with Crippen molar-refractivity contribution in [1.29, 1.82) is 0 Å². The smallest absolute Gasteiger partial charge is 0.0479 e. The Morgan fingerprint density at radius 2 is 0.525 bits per heavy atom. The van der Waals surface area contributed by atoms with Crippen LogP contribution in [0.3, 0.4) is 0 Å². The minimum atomic E-state index is 0.580. The zero-order chi connectivity index (χ0) is 29.2. The van der Waals surface area contributed by atoms with Crippen molar-refractivity contribution in [2.75, 3.05) is 0 Å². The molecular formula is C38H76S2. The first-order chi connectivity index (χ1) is 19.7. The average molecular weight is 597 g/mol. The number of thiol groups is 1. The molecule has 0 rings (SSSR count). The fraction of sp³-hybridized carbons (Fsp3) is 0.974. The second kappa shape index (κ2) is 35.6. The largest absolute Gasteiger partial charge is 0.136 e. The molecule has 0 amide bonds. The summed E-state index contributed by atoms with van der Waals surface area (Å²) < 4.78 is 0.974. The van der Waals surface area contributed by atoms with Crippen molar-refractivity contribution in [2.45, 2.75) is 232 Å². The molecule has 0 N–H and O–H groups in total. The summed E-state index contributed by atoms with van der Waals surface area (Å²) in [6.07, 6.45) is 48.6. The van der Waals surface area contributed by atoms with Crippen LogP contribution >= 0.6 is 24.8 Å². The first-order valence-electron chi connectivity index (χ1n) is 18.9. The molecule has 0 radical (unpaired) electrons. The number of hydrogen-bond donors (Lipinski definition) is 1. The van der Waals surface area contributed by atoms with E-state index in [1.807, 2.05) is 0 Å². The molecule has 0 nitrogen and oxygen atoms in total. The van der Waals surface area contributed by atoms with Crippen molar-refractivity contribution in [3.05, 3.63) is 0 Å². The fourth-order valence-corrected chi connectivity index (χ4v) is 6.76. The standard InChI is InChI=1S/C38H76S2/c1-3-5-7-9-11-13-15-17-19-21-23-25-27-29-31-33-35-37(38(39)40)36-34-32-30-28-26-24-22-20-18-16-14-12-10-8-6-4-2/h37H,3-36H2,1-2H3,(H,39,40). The maximum absolute atomic E-state index is 5.50. The second-order valence-corrected chi connectivity index (χ2v) is 14.4. The lowest BCUT2D eigenvalue weighted by atomic mass is 9.95. The summed E-state index contributed by atoms with van der Waals surface area (Å²) in [4.78, 5) is 0. The van der Waals surface area contributed by atoms with Gasteiger partial charge in [0.05, 0.1) is 0 Å². The van der Waals surface area contributed by atoms with Crippen molar-refractivity contribution < 1.29 is 0 Å². The van der Waals surface area contributed by atoms with Crippen LogP contribution in [0.4, 0.5) is 0 Å². The Morgan fingerprint density at radius 1 is 0.350 bits per heavy atom. The Labute approximate surface area is 266 Å². The van der Waals surface area contributed by atoms with E-state index in [2.05, 4.69) is 26.5 Å². The van der Waals surface area contributed by atoms with Crippen LogP contribution in [-0.2, 0) is 0 Å². The van der Waals surface area contributed by atoms with Crippen LogP contribution in [0.25, 0.3) is 0 Å². The third-order valence-electron chi connectivity index (χ3n) is 9.16. The highest BCUT2D eigenvalue weighted by Gasteiger charge is 2.11. The van der Waals surface area contributed by atoms with Gasteiger partial charge in [0.2, 0.25) is 0 Å². The van der Waals surface area contributed by atoms with Gasteiger partial charge in [0.1, 0.15) is 0 Å². The highest BCUT2D eigenvalue weighted by atomic mass is 32.1. The van der Waals surface area contributed by atoms with E-state index in [0.29, 0.717) is 5.92 Å². The summed E-state index contributed by atoms with van der Waals surface area (Å²) >= 11 is 10.1. The van der Waals surface area contributed by atoms with Crippen molar-refractivity contribution in [3.63, 3.8) is 0 Å². The minimum Gasteiger partial charge on any atom is -0.136 e. The van der Waals surface area contributed by atoms with Gasteiger partial charge in [0.15, 0.2) is 0 Å². The average Bonchev–Trinajstić information content (AvgIpc) is 2.95. The lowest BCUT2D eigenvalue weighted by Gasteiger charge is -2.15. The van der Waals surface area contributed by atoms with Crippen LogP contribution in [0, 0.1) is 5.92 Å². The summed E-state index contributed by atoms with van der Waals surface area (Å²) in [5, 5.41) is 0.